The molecule has 1 fully saturated rings. The van der Waals surface area contributed by atoms with Crippen LogP contribution in [0.15, 0.2) is 55.1 Å². The third-order valence-corrected chi connectivity index (χ3v) is 5.13. The van der Waals surface area contributed by atoms with Crippen molar-refractivity contribution in [3.8, 4) is 5.82 Å². The van der Waals surface area contributed by atoms with Crippen LogP contribution >= 0.6 is 0 Å². The van der Waals surface area contributed by atoms with E-state index in [9.17, 15) is 14.4 Å². The molecule has 2 aromatic heterocycles. The van der Waals surface area contributed by atoms with Crippen LogP contribution in [0.3, 0.4) is 0 Å². The highest BCUT2D eigenvalue weighted by atomic mass is 16.2. The van der Waals surface area contributed by atoms with Gasteiger partial charge in [-0.25, -0.2) is 14.6 Å². The van der Waals surface area contributed by atoms with Gasteiger partial charge in [-0.1, -0.05) is 0 Å². The molecular formula is C22H24N8O3. The molecule has 170 valence electrons. The molecule has 4 rings (SSSR count). The van der Waals surface area contributed by atoms with E-state index in [0.717, 1.165) is 5.82 Å². The molecule has 0 saturated carbocycles. The van der Waals surface area contributed by atoms with Gasteiger partial charge in [0.1, 0.15) is 12.1 Å². The number of hydrogen-bond donors (Lipinski definition) is 3. The molecule has 11 nitrogen and oxygen atoms in total. The summed E-state index contributed by atoms with van der Waals surface area (Å²) in [6.07, 6.45) is 4.96. The first kappa shape index (κ1) is 21.9. The Kier molecular flexibility index (Phi) is 6.58. The molecule has 3 N–H and O–H groups in total. The number of aromatic nitrogens is 4. The molecule has 33 heavy (non-hydrogen) atoms. The van der Waals surface area contributed by atoms with Crippen molar-refractivity contribution in [1.82, 2.24) is 30.4 Å². The van der Waals surface area contributed by atoms with E-state index in [2.05, 4.69) is 31.0 Å². The van der Waals surface area contributed by atoms with Crippen molar-refractivity contribution in [2.24, 2.45) is 5.92 Å². The van der Waals surface area contributed by atoms with Crippen molar-refractivity contribution in [3.63, 3.8) is 0 Å². The Hall–Kier alpha value is -4.28. The summed E-state index contributed by atoms with van der Waals surface area (Å²) < 4.78 is 1.65. The van der Waals surface area contributed by atoms with Crippen molar-refractivity contribution in [2.45, 2.75) is 6.92 Å². The maximum atomic E-state index is 12.4. The van der Waals surface area contributed by atoms with Crippen molar-refractivity contribution in [2.75, 3.05) is 36.4 Å². The predicted molar refractivity (Wildman–Crippen MR) is 121 cm³/mol. The highest BCUT2D eigenvalue weighted by Gasteiger charge is 2.33. The Bertz CT molecular complexity index is 1120. The van der Waals surface area contributed by atoms with Crippen LogP contribution in [0.4, 0.5) is 11.5 Å². The molecular weight excluding hydrogens is 424 g/mol. The number of anilines is 2. The number of benzene rings is 1. The average molecular weight is 448 g/mol. The first-order valence-corrected chi connectivity index (χ1v) is 10.5. The number of carbonyl (C=O) groups excluding carboxylic acids is 3. The summed E-state index contributed by atoms with van der Waals surface area (Å²) in [5.41, 5.74) is 1.10. The second-order valence-electron chi connectivity index (χ2n) is 7.59. The highest BCUT2D eigenvalue weighted by molar-refractivity contribution is 5.95. The topological polar surface area (TPSA) is 134 Å². The molecule has 1 aliphatic heterocycles. The molecule has 3 heterocycles. The summed E-state index contributed by atoms with van der Waals surface area (Å²) in [6, 6.07) is 10.2. The third kappa shape index (κ3) is 5.50. The quantitative estimate of drug-likeness (QED) is 0.430. The summed E-state index contributed by atoms with van der Waals surface area (Å²) >= 11 is 0. The van der Waals surface area contributed by atoms with E-state index >= 15 is 0 Å². The van der Waals surface area contributed by atoms with Gasteiger partial charge in [-0.05, 0) is 30.3 Å². The molecule has 1 saturated heterocycles. The number of amides is 3. The van der Waals surface area contributed by atoms with E-state index in [1.807, 2.05) is 17.0 Å². The second kappa shape index (κ2) is 9.90. The van der Waals surface area contributed by atoms with E-state index in [0.29, 0.717) is 43.2 Å². The molecule has 0 bridgehead atoms. The highest BCUT2D eigenvalue weighted by Crippen LogP contribution is 2.23. The molecule has 3 amide bonds. The zero-order valence-corrected chi connectivity index (χ0v) is 18.1. The van der Waals surface area contributed by atoms with Gasteiger partial charge in [-0.3, -0.25) is 14.4 Å². The zero-order valence-electron chi connectivity index (χ0n) is 18.1. The molecule has 0 spiro atoms. The molecule has 0 unspecified atom stereocenters. The number of rotatable bonds is 8. The average Bonchev–Trinajstić information content (AvgIpc) is 3.31. The Labute approximate surface area is 190 Å². The summed E-state index contributed by atoms with van der Waals surface area (Å²) in [5.74, 6) is 0.806. The van der Waals surface area contributed by atoms with Crippen LogP contribution in [0, 0.1) is 5.92 Å². The zero-order chi connectivity index (χ0) is 23.2. The molecule has 0 atom stereocenters. The van der Waals surface area contributed by atoms with Gasteiger partial charge >= 0.3 is 0 Å². The standard InChI is InChI=1S/C22H24N8O3/c1-15(31)28-18-5-3-16(4-6-18)21(32)23-8-9-24-22(33)17-12-29(13-17)19-11-20(26-14-25-19)30-10-2-7-27-30/h2-7,10-11,14,17H,8-9,12-13H2,1H3,(H,23,32)(H,24,33)(H,28,31). The molecule has 11 heteroatoms. The molecule has 0 radical (unpaired) electrons. The van der Waals surface area contributed by atoms with Crippen molar-refractivity contribution in [3.05, 3.63) is 60.7 Å². The summed E-state index contributed by atoms with van der Waals surface area (Å²) in [7, 11) is 0. The van der Waals surface area contributed by atoms with Crippen molar-refractivity contribution >= 4 is 29.2 Å². The Morgan fingerprint density at radius 1 is 1.03 bits per heavy atom. The molecule has 1 aliphatic rings. The van der Waals surface area contributed by atoms with Gasteiger partial charge in [0.25, 0.3) is 5.91 Å². The smallest absolute Gasteiger partial charge is 0.251 e. The van der Waals surface area contributed by atoms with Gasteiger partial charge in [0.05, 0.1) is 5.92 Å². The minimum absolute atomic E-state index is 0.0542. The fourth-order valence-electron chi connectivity index (χ4n) is 3.39. The van der Waals surface area contributed by atoms with Crippen molar-refractivity contribution < 1.29 is 14.4 Å². The van der Waals surface area contributed by atoms with Gasteiger partial charge in [-0.15, -0.1) is 0 Å². The molecule has 0 aliphatic carbocycles. The van der Waals surface area contributed by atoms with Crippen LogP contribution in [-0.4, -0.2) is 63.6 Å². The Balaban J connectivity index is 1.17. The molecule has 1 aromatic carbocycles. The Morgan fingerprint density at radius 2 is 1.76 bits per heavy atom. The van der Waals surface area contributed by atoms with Crippen LogP contribution in [0.1, 0.15) is 17.3 Å². The fraction of sp³-hybridized carbons (Fsp3) is 0.273. The van der Waals surface area contributed by atoms with Crippen LogP contribution in [0.5, 0.6) is 0 Å². The fourth-order valence-corrected chi connectivity index (χ4v) is 3.39. The minimum Gasteiger partial charge on any atom is -0.355 e. The van der Waals surface area contributed by atoms with Crippen LogP contribution < -0.4 is 20.9 Å². The maximum absolute atomic E-state index is 12.4. The second-order valence-corrected chi connectivity index (χ2v) is 7.59. The summed E-state index contributed by atoms with van der Waals surface area (Å²) in [5, 5.41) is 12.4. The largest absolute Gasteiger partial charge is 0.355 e. The van der Waals surface area contributed by atoms with Crippen molar-refractivity contribution in [1.29, 1.82) is 0 Å². The van der Waals surface area contributed by atoms with E-state index in [1.54, 1.807) is 41.3 Å². The van der Waals surface area contributed by atoms with Crippen LogP contribution in [0.2, 0.25) is 0 Å². The number of nitrogens with zero attached hydrogens (tertiary/aromatic N) is 5. The van der Waals surface area contributed by atoms with E-state index in [1.165, 1.54) is 13.3 Å². The predicted octanol–water partition coefficient (Wildman–Crippen LogP) is 0.603. The lowest BCUT2D eigenvalue weighted by molar-refractivity contribution is -0.125. The van der Waals surface area contributed by atoms with E-state index in [4.69, 9.17) is 0 Å². The van der Waals surface area contributed by atoms with Crippen LogP contribution in [-0.2, 0) is 9.59 Å². The summed E-state index contributed by atoms with van der Waals surface area (Å²) in [4.78, 5) is 46.1. The van der Waals surface area contributed by atoms with E-state index < -0.39 is 0 Å². The van der Waals surface area contributed by atoms with Gasteiger partial charge in [-0.2, -0.15) is 5.10 Å². The SMILES string of the molecule is CC(=O)Nc1ccc(C(=O)NCCNC(=O)C2CN(c3cc(-n4cccn4)ncn3)C2)cc1. The third-order valence-electron chi connectivity index (χ3n) is 5.13. The van der Waals surface area contributed by atoms with Crippen LogP contribution in [0.25, 0.3) is 5.82 Å². The van der Waals surface area contributed by atoms with Gasteiger partial charge < -0.3 is 20.9 Å². The first-order chi connectivity index (χ1) is 16.0. The monoisotopic (exact) mass is 448 g/mol. The normalized spacial score (nSPS) is 13.2. The minimum atomic E-state index is -0.245. The van der Waals surface area contributed by atoms with Gasteiger partial charge in [0.15, 0.2) is 5.82 Å². The first-order valence-electron chi connectivity index (χ1n) is 10.5. The molecule has 3 aromatic rings. The number of carbonyl (C=O) groups is 3. The number of hydrogen-bond acceptors (Lipinski definition) is 7. The lowest BCUT2D eigenvalue weighted by atomic mass is 9.99. The Morgan fingerprint density at radius 3 is 2.45 bits per heavy atom. The van der Waals surface area contributed by atoms with Gasteiger partial charge in [0, 0.05) is 62.8 Å². The summed E-state index contributed by atoms with van der Waals surface area (Å²) in [6.45, 7) is 3.20. The maximum Gasteiger partial charge on any atom is 0.251 e. The lowest BCUT2D eigenvalue weighted by Gasteiger charge is -2.39. The number of nitrogens with one attached hydrogen (secondary N) is 3. The van der Waals surface area contributed by atoms with E-state index in [-0.39, 0.29) is 23.6 Å². The van der Waals surface area contributed by atoms with Gasteiger partial charge in [0.2, 0.25) is 11.8 Å². The lowest BCUT2D eigenvalue weighted by Crippen LogP contribution is -2.54.